The fraction of sp³-hybridized carbons (Fsp3) is 0.562. The molecule has 3 heteroatoms. The lowest BCUT2D eigenvalue weighted by molar-refractivity contribution is -0.115. The second-order valence-corrected chi connectivity index (χ2v) is 6.67. The second kappa shape index (κ2) is 4.64. The van der Waals surface area contributed by atoms with Gasteiger partial charge in [0, 0.05) is 11.7 Å². The summed E-state index contributed by atoms with van der Waals surface area (Å²) < 4.78 is 0. The molecule has 19 heavy (non-hydrogen) atoms. The first kappa shape index (κ1) is 14.1. The molecule has 0 aromatic heterocycles. The predicted molar refractivity (Wildman–Crippen MR) is 79.2 cm³/mol. The maximum atomic E-state index is 11.9. The molecule has 1 aromatic rings. The summed E-state index contributed by atoms with van der Waals surface area (Å²) in [6.45, 7) is 11.4. The summed E-state index contributed by atoms with van der Waals surface area (Å²) in [4.78, 5) is 11.9. The van der Waals surface area contributed by atoms with Gasteiger partial charge in [-0.1, -0.05) is 45.4 Å². The van der Waals surface area contributed by atoms with Crippen molar-refractivity contribution >= 4 is 11.6 Å². The Balaban J connectivity index is 1.82. The highest BCUT2D eigenvalue weighted by Gasteiger charge is 2.64. The third kappa shape index (κ3) is 2.66. The van der Waals surface area contributed by atoms with Crippen molar-refractivity contribution in [2.45, 2.75) is 40.7 Å². The normalized spacial score (nSPS) is 20.1. The lowest BCUT2D eigenvalue weighted by atomic mass is 10.0. The Bertz CT molecular complexity index is 460. The van der Waals surface area contributed by atoms with Crippen LogP contribution in [0.4, 0.5) is 5.69 Å². The summed E-state index contributed by atoms with van der Waals surface area (Å²) in [5.74, 6) is 0.0161. The van der Waals surface area contributed by atoms with Crippen molar-refractivity contribution in [1.29, 1.82) is 0 Å². The SMILES string of the molecule is Cc1ccc(NC(=O)CNC2C(C)(C)C2(C)C)cc1. The van der Waals surface area contributed by atoms with Gasteiger partial charge < -0.3 is 10.6 Å². The van der Waals surface area contributed by atoms with E-state index in [1.165, 1.54) is 5.56 Å². The van der Waals surface area contributed by atoms with E-state index in [4.69, 9.17) is 0 Å². The van der Waals surface area contributed by atoms with Gasteiger partial charge in [0.05, 0.1) is 6.54 Å². The first-order valence-electron chi connectivity index (χ1n) is 6.85. The van der Waals surface area contributed by atoms with Crippen LogP contribution in [0.1, 0.15) is 33.3 Å². The Labute approximate surface area is 115 Å². The molecule has 0 unspecified atom stereocenters. The van der Waals surface area contributed by atoms with Crippen LogP contribution in [0.25, 0.3) is 0 Å². The van der Waals surface area contributed by atoms with E-state index in [1.807, 2.05) is 31.2 Å². The minimum Gasteiger partial charge on any atom is -0.325 e. The van der Waals surface area contributed by atoms with Crippen LogP contribution in [-0.2, 0) is 4.79 Å². The molecule has 1 aliphatic carbocycles. The van der Waals surface area contributed by atoms with Crippen LogP contribution in [-0.4, -0.2) is 18.5 Å². The Kier molecular flexibility index (Phi) is 3.43. The van der Waals surface area contributed by atoms with Crippen molar-refractivity contribution in [3.63, 3.8) is 0 Å². The lowest BCUT2D eigenvalue weighted by Gasteiger charge is -2.08. The first-order valence-corrected chi connectivity index (χ1v) is 6.85. The number of amides is 1. The molecule has 0 spiro atoms. The molecule has 1 fully saturated rings. The van der Waals surface area contributed by atoms with E-state index in [0.717, 1.165) is 5.69 Å². The molecule has 104 valence electrons. The molecule has 1 aromatic carbocycles. The van der Waals surface area contributed by atoms with Crippen molar-refractivity contribution < 1.29 is 4.79 Å². The maximum Gasteiger partial charge on any atom is 0.238 e. The lowest BCUT2D eigenvalue weighted by Crippen LogP contribution is -2.32. The molecule has 0 saturated heterocycles. The third-order valence-electron chi connectivity index (χ3n) is 4.82. The summed E-state index contributed by atoms with van der Waals surface area (Å²) in [6.07, 6.45) is 0. The summed E-state index contributed by atoms with van der Waals surface area (Å²) >= 11 is 0. The number of rotatable bonds is 4. The van der Waals surface area contributed by atoms with Crippen molar-refractivity contribution in [3.8, 4) is 0 Å². The highest BCUT2D eigenvalue weighted by atomic mass is 16.1. The molecular weight excluding hydrogens is 236 g/mol. The van der Waals surface area contributed by atoms with Gasteiger partial charge in [0.25, 0.3) is 0 Å². The van der Waals surface area contributed by atoms with Crippen LogP contribution in [0, 0.1) is 17.8 Å². The smallest absolute Gasteiger partial charge is 0.238 e. The number of aryl methyl sites for hydroxylation is 1. The average Bonchev–Trinajstić information content (AvgIpc) is 2.70. The van der Waals surface area contributed by atoms with E-state index in [9.17, 15) is 4.79 Å². The van der Waals surface area contributed by atoms with E-state index in [-0.39, 0.29) is 16.7 Å². The van der Waals surface area contributed by atoms with Gasteiger partial charge in [-0.2, -0.15) is 0 Å². The zero-order valence-electron chi connectivity index (χ0n) is 12.5. The molecule has 2 rings (SSSR count). The minimum atomic E-state index is 0.0161. The van der Waals surface area contributed by atoms with Crippen molar-refractivity contribution in [2.75, 3.05) is 11.9 Å². The van der Waals surface area contributed by atoms with Crippen LogP contribution < -0.4 is 10.6 Å². The minimum absolute atomic E-state index is 0.0161. The molecule has 2 N–H and O–H groups in total. The Morgan fingerprint density at radius 3 is 2.11 bits per heavy atom. The highest BCUT2D eigenvalue weighted by Crippen LogP contribution is 2.62. The number of hydrogen-bond acceptors (Lipinski definition) is 2. The van der Waals surface area contributed by atoms with Crippen molar-refractivity contribution in [1.82, 2.24) is 5.32 Å². The molecule has 1 amide bonds. The van der Waals surface area contributed by atoms with Gasteiger partial charge in [0.2, 0.25) is 5.91 Å². The quantitative estimate of drug-likeness (QED) is 0.874. The van der Waals surface area contributed by atoms with Gasteiger partial charge in [0.1, 0.15) is 0 Å². The summed E-state index contributed by atoms with van der Waals surface area (Å²) in [6, 6.07) is 8.26. The number of nitrogens with one attached hydrogen (secondary N) is 2. The van der Waals surface area contributed by atoms with E-state index < -0.39 is 0 Å². The van der Waals surface area contributed by atoms with Gasteiger partial charge in [-0.3, -0.25) is 4.79 Å². The predicted octanol–water partition coefficient (Wildman–Crippen LogP) is 2.96. The van der Waals surface area contributed by atoms with Gasteiger partial charge in [-0.05, 0) is 29.9 Å². The average molecular weight is 260 g/mol. The van der Waals surface area contributed by atoms with E-state index in [2.05, 4.69) is 38.3 Å². The monoisotopic (exact) mass is 260 g/mol. The Morgan fingerprint density at radius 2 is 1.63 bits per heavy atom. The molecule has 0 aliphatic heterocycles. The van der Waals surface area contributed by atoms with Crippen LogP contribution in [0.2, 0.25) is 0 Å². The molecule has 1 aliphatic rings. The summed E-state index contributed by atoms with van der Waals surface area (Å²) in [5.41, 5.74) is 2.57. The number of carbonyl (C=O) groups excluding carboxylic acids is 1. The van der Waals surface area contributed by atoms with Gasteiger partial charge in [0.15, 0.2) is 0 Å². The number of hydrogen-bond donors (Lipinski definition) is 2. The van der Waals surface area contributed by atoms with Crippen LogP contribution in [0.3, 0.4) is 0 Å². The number of carbonyl (C=O) groups is 1. The highest BCUT2D eigenvalue weighted by molar-refractivity contribution is 5.92. The number of anilines is 1. The molecule has 1 saturated carbocycles. The van der Waals surface area contributed by atoms with Crippen LogP contribution in [0.15, 0.2) is 24.3 Å². The Hall–Kier alpha value is -1.35. The fourth-order valence-corrected chi connectivity index (χ4v) is 2.74. The van der Waals surface area contributed by atoms with Gasteiger partial charge in [-0.25, -0.2) is 0 Å². The molecule has 3 nitrogen and oxygen atoms in total. The summed E-state index contributed by atoms with van der Waals surface area (Å²) in [5, 5.41) is 6.26. The van der Waals surface area contributed by atoms with E-state index >= 15 is 0 Å². The van der Waals surface area contributed by atoms with Crippen LogP contribution >= 0.6 is 0 Å². The largest absolute Gasteiger partial charge is 0.325 e. The second-order valence-electron chi connectivity index (χ2n) is 6.67. The zero-order valence-corrected chi connectivity index (χ0v) is 12.5. The Morgan fingerprint density at radius 1 is 1.11 bits per heavy atom. The molecular formula is C16H24N2O. The number of benzene rings is 1. The standard InChI is InChI=1S/C16H24N2O/c1-11-6-8-12(9-7-11)18-13(19)10-17-14-15(2,3)16(14,4)5/h6-9,14,17H,10H2,1-5H3,(H,18,19). The molecule has 0 atom stereocenters. The van der Waals surface area contributed by atoms with E-state index in [1.54, 1.807) is 0 Å². The summed E-state index contributed by atoms with van der Waals surface area (Å²) in [7, 11) is 0. The maximum absolute atomic E-state index is 11.9. The molecule has 0 radical (unpaired) electrons. The van der Waals surface area contributed by atoms with Crippen molar-refractivity contribution in [2.24, 2.45) is 10.8 Å². The fourth-order valence-electron chi connectivity index (χ4n) is 2.74. The topological polar surface area (TPSA) is 41.1 Å². The third-order valence-corrected chi connectivity index (χ3v) is 4.82. The van der Waals surface area contributed by atoms with Gasteiger partial charge in [-0.15, -0.1) is 0 Å². The molecule has 0 heterocycles. The van der Waals surface area contributed by atoms with Gasteiger partial charge >= 0.3 is 0 Å². The van der Waals surface area contributed by atoms with Crippen molar-refractivity contribution in [3.05, 3.63) is 29.8 Å². The molecule has 0 bridgehead atoms. The van der Waals surface area contributed by atoms with Crippen LogP contribution in [0.5, 0.6) is 0 Å². The first-order chi connectivity index (χ1) is 8.75. The van der Waals surface area contributed by atoms with E-state index in [0.29, 0.717) is 12.6 Å². The zero-order chi connectivity index (χ0) is 14.3.